The molecule has 0 spiro atoms. The third-order valence-corrected chi connectivity index (χ3v) is 3.94. The van der Waals surface area contributed by atoms with Crippen molar-refractivity contribution in [3.8, 4) is 0 Å². The zero-order chi connectivity index (χ0) is 14.4. The van der Waals surface area contributed by atoms with Crippen molar-refractivity contribution in [3.05, 3.63) is 0 Å². The minimum Gasteiger partial charge on any atom is -0.381 e. The number of carbonyl (C=O) groups excluding carboxylic acids is 2. The number of carbonyl (C=O) groups is 2. The van der Waals surface area contributed by atoms with Crippen molar-refractivity contribution in [1.29, 1.82) is 0 Å². The van der Waals surface area contributed by atoms with Gasteiger partial charge in [0, 0.05) is 32.8 Å². The van der Waals surface area contributed by atoms with Crippen LogP contribution in [0.3, 0.4) is 0 Å². The number of amides is 2. The lowest BCUT2D eigenvalue weighted by Crippen LogP contribution is -2.53. The number of piperidine rings is 1. The average molecular weight is 283 g/mol. The summed E-state index contributed by atoms with van der Waals surface area (Å²) in [7, 11) is 0. The van der Waals surface area contributed by atoms with Crippen LogP contribution < -0.4 is 5.32 Å². The van der Waals surface area contributed by atoms with Crippen molar-refractivity contribution in [2.24, 2.45) is 5.92 Å². The Morgan fingerprint density at radius 2 is 2.30 bits per heavy atom. The summed E-state index contributed by atoms with van der Waals surface area (Å²) in [6.07, 6.45) is 2.15. The van der Waals surface area contributed by atoms with Crippen LogP contribution in [0.15, 0.2) is 0 Å². The van der Waals surface area contributed by atoms with E-state index in [0.717, 1.165) is 45.7 Å². The molecule has 0 radical (unpaired) electrons. The van der Waals surface area contributed by atoms with E-state index < -0.39 is 0 Å². The first-order chi connectivity index (χ1) is 9.70. The van der Waals surface area contributed by atoms with E-state index in [4.69, 9.17) is 4.74 Å². The van der Waals surface area contributed by atoms with Gasteiger partial charge in [0.25, 0.3) is 0 Å². The maximum absolute atomic E-state index is 12.3. The van der Waals surface area contributed by atoms with Gasteiger partial charge in [-0.1, -0.05) is 0 Å². The average Bonchev–Trinajstić information content (AvgIpc) is 2.48. The topological polar surface area (TPSA) is 61.9 Å². The van der Waals surface area contributed by atoms with Crippen molar-refractivity contribution in [2.45, 2.75) is 19.8 Å². The first kappa shape index (κ1) is 15.3. The van der Waals surface area contributed by atoms with E-state index in [1.165, 1.54) is 0 Å². The molecule has 2 aliphatic heterocycles. The van der Waals surface area contributed by atoms with Gasteiger partial charge in [-0.25, -0.2) is 0 Å². The van der Waals surface area contributed by atoms with Crippen molar-refractivity contribution in [1.82, 2.24) is 15.1 Å². The largest absolute Gasteiger partial charge is 0.381 e. The van der Waals surface area contributed by atoms with E-state index in [1.54, 1.807) is 4.90 Å². The predicted molar refractivity (Wildman–Crippen MR) is 75.2 cm³/mol. The molecule has 1 N–H and O–H groups in total. The van der Waals surface area contributed by atoms with Crippen LogP contribution in [-0.2, 0) is 14.3 Å². The van der Waals surface area contributed by atoms with Gasteiger partial charge in [-0.3, -0.25) is 9.59 Å². The molecular formula is C14H25N3O3. The number of rotatable bonds is 5. The van der Waals surface area contributed by atoms with Gasteiger partial charge in [0.15, 0.2) is 0 Å². The van der Waals surface area contributed by atoms with Gasteiger partial charge in [-0.15, -0.1) is 0 Å². The number of nitrogens with zero attached hydrogens (tertiary/aromatic N) is 2. The normalized spacial score (nSPS) is 24.1. The SMILES string of the molecule is CCOCC1CCCN(C(=O)CN2CCNCC2=O)C1. The number of hydrogen-bond acceptors (Lipinski definition) is 4. The molecule has 2 saturated heterocycles. The fourth-order valence-electron chi connectivity index (χ4n) is 2.79. The van der Waals surface area contributed by atoms with Gasteiger partial charge in [0.05, 0.1) is 19.7 Å². The summed E-state index contributed by atoms with van der Waals surface area (Å²) < 4.78 is 5.46. The molecule has 0 bridgehead atoms. The summed E-state index contributed by atoms with van der Waals surface area (Å²) in [6, 6.07) is 0. The monoisotopic (exact) mass is 283 g/mol. The van der Waals surface area contributed by atoms with E-state index >= 15 is 0 Å². The van der Waals surface area contributed by atoms with Crippen LogP contribution in [0.2, 0.25) is 0 Å². The zero-order valence-electron chi connectivity index (χ0n) is 12.3. The lowest BCUT2D eigenvalue weighted by Gasteiger charge is -2.35. The smallest absolute Gasteiger partial charge is 0.242 e. The number of ether oxygens (including phenoxy) is 1. The molecule has 0 aliphatic carbocycles. The standard InChI is InChI=1S/C14H25N3O3/c1-2-20-11-12-4-3-6-16(9-12)14(19)10-17-7-5-15-8-13(17)18/h12,15H,2-11H2,1H3. The molecule has 1 atom stereocenters. The summed E-state index contributed by atoms with van der Waals surface area (Å²) in [5.74, 6) is 0.528. The van der Waals surface area contributed by atoms with Gasteiger partial charge in [0.1, 0.15) is 0 Å². The Morgan fingerprint density at radius 3 is 3.05 bits per heavy atom. The zero-order valence-corrected chi connectivity index (χ0v) is 12.3. The van der Waals surface area contributed by atoms with Crippen molar-refractivity contribution in [3.63, 3.8) is 0 Å². The van der Waals surface area contributed by atoms with E-state index in [9.17, 15) is 9.59 Å². The Morgan fingerprint density at radius 1 is 1.45 bits per heavy atom. The van der Waals surface area contributed by atoms with Gasteiger partial charge < -0.3 is 19.9 Å². The summed E-state index contributed by atoms with van der Waals surface area (Å²) in [5.41, 5.74) is 0. The quantitative estimate of drug-likeness (QED) is 0.752. The molecule has 114 valence electrons. The molecule has 0 aromatic heterocycles. The molecule has 2 fully saturated rings. The maximum Gasteiger partial charge on any atom is 0.242 e. The van der Waals surface area contributed by atoms with Gasteiger partial charge in [-0.2, -0.15) is 0 Å². The second kappa shape index (κ2) is 7.59. The van der Waals surface area contributed by atoms with Crippen LogP contribution in [0.1, 0.15) is 19.8 Å². The number of hydrogen-bond donors (Lipinski definition) is 1. The molecular weight excluding hydrogens is 258 g/mol. The van der Waals surface area contributed by atoms with Crippen LogP contribution in [0, 0.1) is 5.92 Å². The molecule has 6 heteroatoms. The Kier molecular flexibility index (Phi) is 5.79. The molecule has 2 aliphatic rings. The number of nitrogens with one attached hydrogen (secondary N) is 1. The first-order valence-electron chi connectivity index (χ1n) is 7.54. The molecule has 2 rings (SSSR count). The summed E-state index contributed by atoms with van der Waals surface area (Å²) in [5, 5.41) is 3.01. The molecule has 1 unspecified atom stereocenters. The van der Waals surface area contributed by atoms with Crippen molar-refractivity contribution in [2.75, 3.05) is 52.5 Å². The highest BCUT2D eigenvalue weighted by atomic mass is 16.5. The number of likely N-dealkylation sites (tertiary alicyclic amines) is 1. The highest BCUT2D eigenvalue weighted by Crippen LogP contribution is 2.17. The minimum atomic E-state index is 0.0208. The Balaban J connectivity index is 1.80. The fraction of sp³-hybridized carbons (Fsp3) is 0.857. The van der Waals surface area contributed by atoms with E-state index in [1.807, 2.05) is 11.8 Å². The molecule has 20 heavy (non-hydrogen) atoms. The molecule has 0 aromatic carbocycles. The highest BCUT2D eigenvalue weighted by Gasteiger charge is 2.27. The van der Waals surface area contributed by atoms with Crippen LogP contribution in [0.25, 0.3) is 0 Å². The van der Waals surface area contributed by atoms with E-state index in [-0.39, 0.29) is 18.4 Å². The fourth-order valence-corrected chi connectivity index (χ4v) is 2.79. The van der Waals surface area contributed by atoms with Crippen molar-refractivity contribution < 1.29 is 14.3 Å². The third-order valence-electron chi connectivity index (χ3n) is 3.94. The molecule has 2 amide bonds. The van der Waals surface area contributed by atoms with Crippen LogP contribution in [0.4, 0.5) is 0 Å². The summed E-state index contributed by atoms with van der Waals surface area (Å²) >= 11 is 0. The highest BCUT2D eigenvalue weighted by molar-refractivity contribution is 5.86. The van der Waals surface area contributed by atoms with Gasteiger partial charge >= 0.3 is 0 Å². The molecule has 0 aromatic rings. The van der Waals surface area contributed by atoms with Crippen LogP contribution in [0.5, 0.6) is 0 Å². The second-order valence-corrected chi connectivity index (χ2v) is 5.50. The minimum absolute atomic E-state index is 0.0208. The number of piperazine rings is 1. The van der Waals surface area contributed by atoms with Gasteiger partial charge in [-0.05, 0) is 25.7 Å². The molecule has 0 saturated carbocycles. The van der Waals surface area contributed by atoms with E-state index in [2.05, 4.69) is 5.32 Å². The lowest BCUT2D eigenvalue weighted by molar-refractivity contribution is -0.142. The van der Waals surface area contributed by atoms with Crippen LogP contribution >= 0.6 is 0 Å². The molecule has 6 nitrogen and oxygen atoms in total. The summed E-state index contributed by atoms with van der Waals surface area (Å²) in [6.45, 7) is 6.98. The van der Waals surface area contributed by atoms with Crippen LogP contribution in [-0.4, -0.2) is 74.1 Å². The van der Waals surface area contributed by atoms with E-state index in [0.29, 0.717) is 19.0 Å². The summed E-state index contributed by atoms with van der Waals surface area (Å²) in [4.78, 5) is 27.5. The first-order valence-corrected chi connectivity index (χ1v) is 7.54. The lowest BCUT2D eigenvalue weighted by atomic mass is 9.99. The molecule has 2 heterocycles. The Hall–Kier alpha value is -1.14. The van der Waals surface area contributed by atoms with Crippen molar-refractivity contribution >= 4 is 11.8 Å². The Labute approximate surface area is 120 Å². The van der Waals surface area contributed by atoms with Gasteiger partial charge in [0.2, 0.25) is 11.8 Å². The predicted octanol–water partition coefficient (Wildman–Crippen LogP) is -0.307. The Bertz CT molecular complexity index is 349. The second-order valence-electron chi connectivity index (χ2n) is 5.50. The third kappa shape index (κ3) is 4.18. The maximum atomic E-state index is 12.3.